The molecule has 1 amide bonds. The quantitative estimate of drug-likeness (QED) is 0.110. The highest BCUT2D eigenvalue weighted by Gasteiger charge is 2.20. The topological polar surface area (TPSA) is 73.4 Å². The largest absolute Gasteiger partial charge is 0.496 e. The van der Waals surface area contributed by atoms with E-state index in [4.69, 9.17) is 18.9 Å². The average Bonchev–Trinajstić information content (AvgIpc) is 3.16. The molecular formula is C42H42FN3O5. The van der Waals surface area contributed by atoms with Gasteiger partial charge >= 0.3 is 0 Å². The molecule has 6 rings (SSSR count). The van der Waals surface area contributed by atoms with Crippen molar-refractivity contribution < 1.29 is 28.1 Å². The Bertz CT molecular complexity index is 1910. The summed E-state index contributed by atoms with van der Waals surface area (Å²) in [6, 6.07) is 31.7. The standard InChI is InChI=1S/C42H42FN3O5/c1-31-27-38(51-41-19-18-39(28-44-41)50-30-35-5-3-4-6-40(35)48-2)15-11-34(31)12-20-42(47)46-24-22-45(23-25-46)29-33-9-7-32(8-10-33)21-26-49-37-16-13-36(43)14-17-37/h3-20,27-28H,21-26,29-30H2,1-2H3/b20-12+. The van der Waals surface area contributed by atoms with Crippen LogP contribution in [0.1, 0.15) is 27.8 Å². The second-order valence-electron chi connectivity index (χ2n) is 12.4. The summed E-state index contributed by atoms with van der Waals surface area (Å²) in [5.41, 5.74) is 5.32. The zero-order valence-electron chi connectivity index (χ0n) is 29.0. The van der Waals surface area contributed by atoms with Crippen LogP contribution in [0.5, 0.6) is 28.9 Å². The van der Waals surface area contributed by atoms with Crippen LogP contribution in [0.15, 0.2) is 115 Å². The molecule has 0 aliphatic carbocycles. The Morgan fingerprint density at radius 3 is 2.27 bits per heavy atom. The molecule has 0 radical (unpaired) electrons. The number of benzene rings is 4. The maximum Gasteiger partial charge on any atom is 0.246 e. The number of carbonyl (C=O) groups is 1. The maximum absolute atomic E-state index is 13.1. The van der Waals surface area contributed by atoms with Crippen LogP contribution in [0, 0.1) is 12.7 Å². The number of halogens is 1. The number of hydrogen-bond donors (Lipinski definition) is 0. The molecule has 0 atom stereocenters. The first-order valence-electron chi connectivity index (χ1n) is 17.1. The Balaban J connectivity index is 0.915. The number of methoxy groups -OCH3 is 1. The third kappa shape index (κ3) is 10.2. The van der Waals surface area contributed by atoms with Gasteiger partial charge in [-0.3, -0.25) is 9.69 Å². The fourth-order valence-corrected chi connectivity index (χ4v) is 5.80. The summed E-state index contributed by atoms with van der Waals surface area (Å²) in [4.78, 5) is 21.7. The van der Waals surface area contributed by atoms with Gasteiger partial charge in [-0.25, -0.2) is 9.37 Å². The molecule has 1 aromatic heterocycles. The van der Waals surface area contributed by atoms with Crippen LogP contribution in [-0.2, 0) is 24.4 Å². The van der Waals surface area contributed by atoms with Crippen LogP contribution >= 0.6 is 0 Å². The van der Waals surface area contributed by atoms with Gasteiger partial charge in [0.1, 0.15) is 35.4 Å². The van der Waals surface area contributed by atoms with Gasteiger partial charge in [0, 0.05) is 56.9 Å². The second-order valence-corrected chi connectivity index (χ2v) is 12.4. The number of piperazine rings is 1. The Morgan fingerprint density at radius 2 is 1.55 bits per heavy atom. The number of nitrogens with zero attached hydrogens (tertiary/aromatic N) is 3. The van der Waals surface area contributed by atoms with E-state index < -0.39 is 0 Å². The minimum atomic E-state index is -0.270. The molecule has 0 bridgehead atoms. The molecule has 0 spiro atoms. The minimum absolute atomic E-state index is 0.0128. The Labute approximate surface area is 298 Å². The molecule has 9 heteroatoms. The number of hydrogen-bond acceptors (Lipinski definition) is 7. The van der Waals surface area contributed by atoms with Crippen LogP contribution in [0.4, 0.5) is 4.39 Å². The zero-order chi connectivity index (χ0) is 35.4. The van der Waals surface area contributed by atoms with E-state index >= 15 is 0 Å². The van der Waals surface area contributed by atoms with E-state index in [1.54, 1.807) is 37.6 Å². The van der Waals surface area contributed by atoms with E-state index in [0.717, 1.165) is 48.5 Å². The predicted molar refractivity (Wildman–Crippen MR) is 196 cm³/mol. The summed E-state index contributed by atoms with van der Waals surface area (Å²) >= 11 is 0. The van der Waals surface area contributed by atoms with Crippen molar-refractivity contribution in [1.29, 1.82) is 0 Å². The van der Waals surface area contributed by atoms with Crippen LogP contribution in [-0.4, -0.2) is 60.6 Å². The van der Waals surface area contributed by atoms with Crippen molar-refractivity contribution >= 4 is 12.0 Å². The second kappa shape index (κ2) is 17.3. The van der Waals surface area contributed by atoms with Crippen molar-refractivity contribution in [1.82, 2.24) is 14.8 Å². The van der Waals surface area contributed by atoms with Gasteiger partial charge in [-0.05, 0) is 83.8 Å². The van der Waals surface area contributed by atoms with Gasteiger partial charge < -0.3 is 23.8 Å². The molecule has 1 saturated heterocycles. The van der Waals surface area contributed by atoms with Crippen molar-refractivity contribution in [3.05, 3.63) is 149 Å². The molecule has 1 aliphatic heterocycles. The summed E-state index contributed by atoms with van der Waals surface area (Å²) in [5.74, 6) is 2.94. The van der Waals surface area contributed by atoms with Crippen molar-refractivity contribution in [2.24, 2.45) is 0 Å². The smallest absolute Gasteiger partial charge is 0.246 e. The van der Waals surface area contributed by atoms with Crippen molar-refractivity contribution in [3.63, 3.8) is 0 Å². The lowest BCUT2D eigenvalue weighted by Crippen LogP contribution is -2.47. The van der Waals surface area contributed by atoms with E-state index in [1.165, 1.54) is 23.3 Å². The molecule has 1 fully saturated rings. The fraction of sp³-hybridized carbons (Fsp3) is 0.238. The number of aryl methyl sites for hydroxylation is 1. The van der Waals surface area contributed by atoms with Crippen LogP contribution < -0.4 is 18.9 Å². The summed E-state index contributed by atoms with van der Waals surface area (Å²) in [6.45, 7) is 6.75. The van der Waals surface area contributed by atoms with Gasteiger partial charge in [-0.1, -0.05) is 48.5 Å². The molecule has 0 unspecified atom stereocenters. The highest BCUT2D eigenvalue weighted by Crippen LogP contribution is 2.26. The van der Waals surface area contributed by atoms with Crippen molar-refractivity contribution in [2.75, 3.05) is 39.9 Å². The van der Waals surface area contributed by atoms with Crippen molar-refractivity contribution in [2.45, 2.75) is 26.5 Å². The monoisotopic (exact) mass is 687 g/mol. The number of amides is 1. The molecule has 5 aromatic rings. The van der Waals surface area contributed by atoms with E-state index in [0.29, 0.717) is 49.4 Å². The molecule has 0 N–H and O–H groups in total. The zero-order valence-corrected chi connectivity index (χ0v) is 29.0. The van der Waals surface area contributed by atoms with Crippen LogP contribution in [0.3, 0.4) is 0 Å². The average molecular weight is 688 g/mol. The molecule has 0 saturated carbocycles. The lowest BCUT2D eigenvalue weighted by atomic mass is 10.1. The summed E-state index contributed by atoms with van der Waals surface area (Å²) < 4.78 is 36.0. The first-order chi connectivity index (χ1) is 24.9. The maximum atomic E-state index is 13.1. The molecule has 51 heavy (non-hydrogen) atoms. The Kier molecular flexibility index (Phi) is 11.9. The summed E-state index contributed by atoms with van der Waals surface area (Å²) in [6.07, 6.45) is 5.93. The third-order valence-corrected chi connectivity index (χ3v) is 8.75. The van der Waals surface area contributed by atoms with E-state index in [-0.39, 0.29) is 11.7 Å². The molecule has 1 aliphatic rings. The molecular weight excluding hydrogens is 645 g/mol. The fourth-order valence-electron chi connectivity index (χ4n) is 5.80. The first kappa shape index (κ1) is 35.2. The third-order valence-electron chi connectivity index (χ3n) is 8.75. The van der Waals surface area contributed by atoms with Crippen molar-refractivity contribution in [3.8, 4) is 28.9 Å². The number of para-hydroxylation sites is 1. The highest BCUT2D eigenvalue weighted by molar-refractivity contribution is 5.92. The van der Waals surface area contributed by atoms with Gasteiger partial charge in [-0.15, -0.1) is 0 Å². The van der Waals surface area contributed by atoms with E-state index in [2.05, 4.69) is 34.1 Å². The molecule has 2 heterocycles. The van der Waals surface area contributed by atoms with E-state index in [9.17, 15) is 9.18 Å². The van der Waals surface area contributed by atoms with Gasteiger partial charge in [0.15, 0.2) is 0 Å². The lowest BCUT2D eigenvalue weighted by Gasteiger charge is -2.34. The van der Waals surface area contributed by atoms with Gasteiger partial charge in [0.05, 0.1) is 19.9 Å². The number of aromatic nitrogens is 1. The Hall–Kier alpha value is -5.67. The molecule has 8 nitrogen and oxygen atoms in total. The lowest BCUT2D eigenvalue weighted by molar-refractivity contribution is -0.127. The number of rotatable bonds is 14. The normalized spacial score (nSPS) is 13.3. The number of pyridine rings is 1. The number of carbonyl (C=O) groups excluding carboxylic acids is 1. The predicted octanol–water partition coefficient (Wildman–Crippen LogP) is 7.89. The molecule has 4 aromatic carbocycles. The van der Waals surface area contributed by atoms with Crippen LogP contribution in [0.2, 0.25) is 0 Å². The van der Waals surface area contributed by atoms with Gasteiger partial charge in [0.2, 0.25) is 11.8 Å². The summed E-state index contributed by atoms with van der Waals surface area (Å²) in [7, 11) is 1.64. The first-order valence-corrected chi connectivity index (χ1v) is 17.1. The van der Waals surface area contributed by atoms with E-state index in [1.807, 2.05) is 66.4 Å². The van der Waals surface area contributed by atoms with Gasteiger partial charge in [-0.2, -0.15) is 0 Å². The molecule has 262 valence electrons. The van der Waals surface area contributed by atoms with Crippen LogP contribution in [0.25, 0.3) is 6.08 Å². The Morgan fingerprint density at radius 1 is 0.824 bits per heavy atom. The summed E-state index contributed by atoms with van der Waals surface area (Å²) in [5, 5.41) is 0. The number of ether oxygens (including phenoxy) is 4. The minimum Gasteiger partial charge on any atom is -0.496 e. The van der Waals surface area contributed by atoms with Gasteiger partial charge in [0.25, 0.3) is 0 Å². The highest BCUT2D eigenvalue weighted by atomic mass is 19.1. The SMILES string of the molecule is COc1ccccc1COc1ccc(Oc2ccc(/C=C/C(=O)N3CCN(Cc4ccc(CCOc5ccc(F)cc5)cc4)CC3)c(C)c2)nc1.